The summed E-state index contributed by atoms with van der Waals surface area (Å²) in [6.07, 6.45) is 1.33. The van der Waals surface area contributed by atoms with Gasteiger partial charge in [-0.3, -0.25) is 0 Å². The van der Waals surface area contributed by atoms with E-state index >= 15 is 0 Å². The van der Waals surface area contributed by atoms with E-state index in [0.29, 0.717) is 32.1 Å². The predicted octanol–water partition coefficient (Wildman–Crippen LogP) is 6.38. The quantitative estimate of drug-likeness (QED) is 0.289. The van der Waals surface area contributed by atoms with Gasteiger partial charge in [0.15, 0.2) is 5.17 Å². The number of hydrogen-bond acceptors (Lipinski definition) is 3. The zero-order valence-corrected chi connectivity index (χ0v) is 17.0. The number of benzene rings is 3. The van der Waals surface area contributed by atoms with Crippen LogP contribution in [0.15, 0.2) is 76.9 Å². The summed E-state index contributed by atoms with van der Waals surface area (Å²) in [5.41, 5.74) is 8.68. The van der Waals surface area contributed by atoms with Gasteiger partial charge in [0, 0.05) is 21.4 Å². The lowest BCUT2D eigenvalue weighted by atomic mass is 10.0. The second kappa shape index (κ2) is 9.73. The third kappa shape index (κ3) is 5.83. The van der Waals surface area contributed by atoms with Crippen LogP contribution in [-0.4, -0.2) is 11.4 Å². The normalized spacial score (nSPS) is 11.9. The van der Waals surface area contributed by atoms with E-state index in [0.717, 1.165) is 11.1 Å². The number of hydrogen-bond donors (Lipinski definition) is 1. The maximum atomic E-state index is 14.4. The zero-order valence-electron chi connectivity index (χ0n) is 14.6. The largest absolute Gasteiger partial charge is 0.377 e. The highest BCUT2D eigenvalue weighted by atomic mass is 35.5. The Labute approximate surface area is 177 Å². The monoisotopic (exact) mass is 431 g/mol. The van der Waals surface area contributed by atoms with Gasteiger partial charge >= 0.3 is 0 Å². The molecule has 0 aliphatic heterocycles. The summed E-state index contributed by atoms with van der Waals surface area (Å²) in [6, 6.07) is 19.8. The van der Waals surface area contributed by atoms with Crippen LogP contribution in [0, 0.1) is 5.82 Å². The first-order valence-electron chi connectivity index (χ1n) is 8.30. The van der Waals surface area contributed by atoms with E-state index in [9.17, 15) is 4.39 Å². The number of halogens is 3. The molecule has 28 heavy (non-hydrogen) atoms. The van der Waals surface area contributed by atoms with Gasteiger partial charge in [-0.1, -0.05) is 71.4 Å². The molecule has 0 unspecified atom stereocenters. The highest BCUT2D eigenvalue weighted by Gasteiger charge is 2.06. The SMILES string of the molecule is NC(=NN=Cc1ccc(-c2cc(Cl)cc(Cl)c2)cc1F)SCc1ccccc1. The molecular weight excluding hydrogens is 416 g/mol. The van der Waals surface area contributed by atoms with E-state index in [4.69, 9.17) is 28.9 Å². The molecule has 0 saturated carbocycles. The van der Waals surface area contributed by atoms with Crippen LogP contribution in [0.5, 0.6) is 0 Å². The third-order valence-corrected chi connectivity index (χ3v) is 5.07. The molecule has 0 aromatic heterocycles. The summed E-state index contributed by atoms with van der Waals surface area (Å²) < 4.78 is 14.4. The molecule has 0 fully saturated rings. The molecule has 7 heteroatoms. The molecule has 3 nitrogen and oxygen atoms in total. The second-order valence-corrected chi connectivity index (χ2v) is 7.72. The van der Waals surface area contributed by atoms with Crippen LogP contribution < -0.4 is 5.73 Å². The molecule has 0 radical (unpaired) electrons. The smallest absolute Gasteiger partial charge is 0.180 e. The van der Waals surface area contributed by atoms with Crippen molar-refractivity contribution in [2.75, 3.05) is 0 Å². The number of amidine groups is 1. The van der Waals surface area contributed by atoms with Gasteiger partial charge in [-0.15, -0.1) is 5.10 Å². The van der Waals surface area contributed by atoms with Gasteiger partial charge in [0.1, 0.15) is 5.82 Å². The van der Waals surface area contributed by atoms with Gasteiger partial charge < -0.3 is 5.73 Å². The summed E-state index contributed by atoms with van der Waals surface area (Å²) in [5, 5.41) is 9.08. The van der Waals surface area contributed by atoms with E-state index in [-0.39, 0.29) is 0 Å². The summed E-state index contributed by atoms with van der Waals surface area (Å²) in [4.78, 5) is 0. The first kappa shape index (κ1) is 20.4. The molecule has 0 aliphatic rings. The summed E-state index contributed by atoms with van der Waals surface area (Å²) in [5.74, 6) is 0.264. The summed E-state index contributed by atoms with van der Waals surface area (Å²) in [7, 11) is 0. The van der Waals surface area contributed by atoms with Crippen LogP contribution in [0.4, 0.5) is 4.39 Å². The van der Waals surface area contributed by atoms with Crippen LogP contribution in [-0.2, 0) is 5.75 Å². The molecule has 0 aliphatic carbocycles. The van der Waals surface area contributed by atoms with Crippen molar-refractivity contribution in [2.45, 2.75) is 5.75 Å². The molecule has 3 aromatic rings. The average Bonchev–Trinajstić information content (AvgIpc) is 2.67. The molecule has 3 rings (SSSR count). The van der Waals surface area contributed by atoms with Crippen molar-refractivity contribution in [2.24, 2.45) is 15.9 Å². The first-order valence-corrected chi connectivity index (χ1v) is 10.0. The van der Waals surface area contributed by atoms with Gasteiger partial charge in [-0.25, -0.2) is 4.39 Å². The van der Waals surface area contributed by atoms with E-state index in [1.54, 1.807) is 30.3 Å². The minimum atomic E-state index is -0.428. The van der Waals surface area contributed by atoms with Crippen LogP contribution in [0.25, 0.3) is 11.1 Å². The predicted molar refractivity (Wildman–Crippen MR) is 119 cm³/mol. The van der Waals surface area contributed by atoms with Gasteiger partial charge in [-0.05, 0) is 47.0 Å². The molecule has 0 amide bonds. The lowest BCUT2D eigenvalue weighted by molar-refractivity contribution is 0.626. The molecule has 0 spiro atoms. The van der Waals surface area contributed by atoms with Crippen LogP contribution >= 0.6 is 35.0 Å². The van der Waals surface area contributed by atoms with Crippen molar-refractivity contribution in [1.29, 1.82) is 0 Å². The maximum Gasteiger partial charge on any atom is 0.180 e. The Hall–Kier alpha value is -2.34. The van der Waals surface area contributed by atoms with Crippen molar-refractivity contribution < 1.29 is 4.39 Å². The minimum Gasteiger partial charge on any atom is -0.377 e. The molecule has 0 heterocycles. The Balaban J connectivity index is 1.67. The fraction of sp³-hybridized carbons (Fsp3) is 0.0476. The number of thioether (sulfide) groups is 1. The molecule has 0 bridgehead atoms. The standard InChI is InChI=1S/C21H16Cl2FN3S/c22-18-8-17(9-19(23)11-18)15-6-7-16(20(24)10-15)12-26-27-21(25)28-13-14-4-2-1-3-5-14/h1-12H,13H2,(H2,25,27). The minimum absolute atomic E-state index is 0.307. The first-order chi connectivity index (χ1) is 13.5. The Morgan fingerprint density at radius 2 is 1.68 bits per heavy atom. The Morgan fingerprint density at radius 3 is 2.36 bits per heavy atom. The second-order valence-electron chi connectivity index (χ2n) is 5.85. The summed E-state index contributed by atoms with van der Waals surface area (Å²) >= 11 is 13.4. The van der Waals surface area contributed by atoms with Crippen LogP contribution in [0.3, 0.4) is 0 Å². The van der Waals surface area contributed by atoms with Gasteiger partial charge in [0.25, 0.3) is 0 Å². The van der Waals surface area contributed by atoms with Gasteiger partial charge in [0.05, 0.1) is 6.21 Å². The lowest BCUT2D eigenvalue weighted by Gasteiger charge is -2.05. The van der Waals surface area contributed by atoms with Crippen LogP contribution in [0.2, 0.25) is 10.0 Å². The Kier molecular flexibility index (Phi) is 7.09. The molecule has 0 saturated heterocycles. The number of nitrogens with two attached hydrogens (primary N) is 1. The Bertz CT molecular complexity index is 1000. The summed E-state index contributed by atoms with van der Waals surface area (Å²) in [6.45, 7) is 0. The highest BCUT2D eigenvalue weighted by molar-refractivity contribution is 8.13. The van der Waals surface area contributed by atoms with Crippen molar-refractivity contribution >= 4 is 46.3 Å². The van der Waals surface area contributed by atoms with Gasteiger partial charge in [-0.2, -0.15) is 5.10 Å². The van der Waals surface area contributed by atoms with Crippen molar-refractivity contribution in [3.8, 4) is 11.1 Å². The van der Waals surface area contributed by atoms with E-state index in [2.05, 4.69) is 10.2 Å². The molecular formula is C21H16Cl2FN3S. The van der Waals surface area contributed by atoms with Crippen LogP contribution in [0.1, 0.15) is 11.1 Å². The van der Waals surface area contributed by atoms with Crippen molar-refractivity contribution in [3.05, 3.63) is 93.7 Å². The van der Waals surface area contributed by atoms with Crippen molar-refractivity contribution in [3.63, 3.8) is 0 Å². The molecule has 142 valence electrons. The highest BCUT2D eigenvalue weighted by Crippen LogP contribution is 2.28. The molecule has 2 N–H and O–H groups in total. The number of nitrogens with zero attached hydrogens (tertiary/aromatic N) is 2. The van der Waals surface area contributed by atoms with Gasteiger partial charge in [0.2, 0.25) is 0 Å². The third-order valence-electron chi connectivity index (χ3n) is 3.78. The Morgan fingerprint density at radius 1 is 0.964 bits per heavy atom. The molecule has 0 atom stereocenters. The fourth-order valence-corrected chi connectivity index (χ4v) is 3.58. The maximum absolute atomic E-state index is 14.4. The average molecular weight is 432 g/mol. The van der Waals surface area contributed by atoms with E-state index < -0.39 is 5.82 Å². The zero-order chi connectivity index (χ0) is 19.9. The topological polar surface area (TPSA) is 50.7 Å². The lowest BCUT2D eigenvalue weighted by Crippen LogP contribution is -2.06. The molecule has 3 aromatic carbocycles. The van der Waals surface area contributed by atoms with Crippen molar-refractivity contribution in [1.82, 2.24) is 0 Å². The number of rotatable bonds is 5. The fourth-order valence-electron chi connectivity index (χ4n) is 2.44. The van der Waals surface area contributed by atoms with E-state index in [1.165, 1.54) is 24.0 Å². The van der Waals surface area contributed by atoms with E-state index in [1.807, 2.05) is 30.3 Å².